The summed E-state index contributed by atoms with van der Waals surface area (Å²) >= 11 is -5.27. The summed E-state index contributed by atoms with van der Waals surface area (Å²) in [5, 5.41) is 0. The molecule has 0 bridgehead atoms. The Hall–Kier alpha value is -0.223. The van der Waals surface area contributed by atoms with Crippen molar-refractivity contribution in [2.75, 3.05) is 0 Å². The maximum atomic E-state index is 4.71. The first-order chi connectivity index (χ1) is 10.5. The number of rotatable bonds is 14. The van der Waals surface area contributed by atoms with E-state index in [1.165, 1.54) is 0 Å². The summed E-state index contributed by atoms with van der Waals surface area (Å²) in [6, 6.07) is 0. The van der Waals surface area contributed by atoms with Gasteiger partial charge in [0.2, 0.25) is 0 Å². The van der Waals surface area contributed by atoms with Crippen molar-refractivity contribution in [1.29, 1.82) is 0 Å². The zero-order valence-electron chi connectivity index (χ0n) is 14.2. The van der Waals surface area contributed by atoms with Crippen LogP contribution in [0.4, 0.5) is 0 Å². The Balaban J connectivity index is 6.04. The quantitative estimate of drug-likeness (QED) is 0.182. The molecule has 2 heteroatoms. The van der Waals surface area contributed by atoms with E-state index >= 15 is 0 Å². The minimum atomic E-state index is -2.64. The molecule has 22 heavy (non-hydrogen) atoms. The minimum absolute atomic E-state index is 1.12. The molecule has 0 aliphatic carbocycles. The summed E-state index contributed by atoms with van der Waals surface area (Å²) < 4.78 is 8.35. The van der Waals surface area contributed by atoms with E-state index in [1.807, 2.05) is 0 Å². The van der Waals surface area contributed by atoms with E-state index in [9.17, 15) is 0 Å². The van der Waals surface area contributed by atoms with E-state index in [4.69, 9.17) is 6.58 Å². The van der Waals surface area contributed by atoms with Crippen LogP contribution in [0.1, 0.15) is 0 Å². The van der Waals surface area contributed by atoms with Gasteiger partial charge in [-0.25, -0.2) is 0 Å². The number of allylic oxidation sites excluding steroid dienone is 6. The summed E-state index contributed by atoms with van der Waals surface area (Å²) in [6.45, 7) is 28.8. The van der Waals surface area contributed by atoms with Gasteiger partial charge in [-0.05, 0) is 0 Å². The molecule has 0 aliphatic rings. The second-order valence-electron chi connectivity index (χ2n) is 6.00. The first-order valence-electron chi connectivity index (χ1n) is 7.87. The van der Waals surface area contributed by atoms with Gasteiger partial charge in [-0.2, -0.15) is 0 Å². The molecular weight excluding hydrogens is 478 g/mol. The maximum absolute atomic E-state index is 4.71. The van der Waals surface area contributed by atoms with Crippen molar-refractivity contribution < 1.29 is 0 Å². The van der Waals surface area contributed by atoms with E-state index < -0.39 is 36.8 Å². The fourth-order valence-corrected chi connectivity index (χ4v) is 56.5. The molecule has 120 valence electrons. The molecule has 0 amide bonds. The van der Waals surface area contributed by atoms with E-state index in [1.54, 1.807) is 1.60 Å². The van der Waals surface area contributed by atoms with Crippen LogP contribution < -0.4 is 0 Å². The summed E-state index contributed by atoms with van der Waals surface area (Å²) in [6.07, 6.45) is 12.6. The van der Waals surface area contributed by atoms with Gasteiger partial charge >= 0.3 is 147 Å². The molecule has 0 radical (unpaired) electrons. The topological polar surface area (TPSA) is 0 Å². The molecule has 0 nitrogen and oxygen atoms in total. The van der Waals surface area contributed by atoms with Gasteiger partial charge < -0.3 is 0 Å². The molecule has 0 aromatic rings. The predicted octanol–water partition coefficient (Wildman–Crippen LogP) is 6.63. The fourth-order valence-electron chi connectivity index (χ4n) is 3.46. The molecule has 0 fully saturated rings. The normalized spacial score (nSPS) is 11.3. The molecule has 0 N–H and O–H groups in total. The summed E-state index contributed by atoms with van der Waals surface area (Å²) in [4.78, 5) is 0. The van der Waals surface area contributed by atoms with Crippen LogP contribution in [0.15, 0.2) is 84.1 Å². The van der Waals surface area contributed by atoms with Gasteiger partial charge in [0.15, 0.2) is 0 Å². The van der Waals surface area contributed by atoms with Gasteiger partial charge in [0.25, 0.3) is 0 Å². The first-order valence-corrected chi connectivity index (χ1v) is 22.8. The van der Waals surface area contributed by atoms with Crippen molar-refractivity contribution in [1.82, 2.24) is 0 Å². The third kappa shape index (κ3) is 5.45. The average molecular weight is 510 g/mol. The standard InChI is InChI=1S/6C3H5.C2H2.2Sn/c6*1-3-2;1-2;;/h6*3H,1-2H2;1H2;;. The Morgan fingerprint density at radius 1 is 0.500 bits per heavy atom. The van der Waals surface area contributed by atoms with Crippen molar-refractivity contribution in [3.8, 4) is 0 Å². The van der Waals surface area contributed by atoms with Crippen molar-refractivity contribution in [2.45, 2.75) is 26.6 Å². The van der Waals surface area contributed by atoms with Crippen LogP contribution in [0.5, 0.6) is 0 Å². The average Bonchev–Trinajstić information content (AvgIpc) is 2.48. The number of hydrogen-bond acceptors (Lipinski definition) is 0. The van der Waals surface area contributed by atoms with Crippen LogP contribution in [0.25, 0.3) is 0 Å². The molecule has 0 heterocycles. The SMILES string of the molecule is C=C[CH2][Sn]([CH2]C=C)([CH2]C=C)[C](=C)[Sn]([CH2]C=C)([CH2]C=C)[CH2]C=C. The van der Waals surface area contributed by atoms with Gasteiger partial charge in [-0.1, -0.05) is 0 Å². The molecule has 0 unspecified atom stereocenters. The monoisotopic (exact) mass is 512 g/mol. The van der Waals surface area contributed by atoms with Crippen LogP contribution in [0.3, 0.4) is 0 Å². The molecule has 0 aliphatic heterocycles. The molecular formula is C20H32Sn2. The van der Waals surface area contributed by atoms with E-state index in [0.29, 0.717) is 0 Å². The molecule has 0 spiro atoms. The zero-order valence-corrected chi connectivity index (χ0v) is 19.9. The third-order valence-electron chi connectivity index (χ3n) is 4.49. The van der Waals surface area contributed by atoms with Gasteiger partial charge in [0, 0.05) is 0 Å². The second-order valence-corrected chi connectivity index (χ2v) is 35.1. The van der Waals surface area contributed by atoms with E-state index in [2.05, 4.69) is 75.9 Å². The van der Waals surface area contributed by atoms with Crippen molar-refractivity contribution in [2.24, 2.45) is 0 Å². The van der Waals surface area contributed by atoms with Crippen LogP contribution in [0, 0.1) is 0 Å². The molecule has 0 rings (SSSR count). The van der Waals surface area contributed by atoms with Gasteiger partial charge in [0.1, 0.15) is 0 Å². The van der Waals surface area contributed by atoms with E-state index in [-0.39, 0.29) is 0 Å². The first kappa shape index (κ1) is 21.8. The van der Waals surface area contributed by atoms with Gasteiger partial charge in [-0.3, -0.25) is 0 Å². The Kier molecular flexibility index (Phi) is 11.2. The Morgan fingerprint density at radius 3 is 0.818 bits per heavy atom. The second kappa shape index (κ2) is 11.3. The van der Waals surface area contributed by atoms with Crippen molar-refractivity contribution in [3.05, 3.63) is 84.1 Å². The van der Waals surface area contributed by atoms with Crippen molar-refractivity contribution >= 4 is 36.8 Å². The molecule has 0 saturated carbocycles. The Morgan fingerprint density at radius 2 is 0.682 bits per heavy atom. The zero-order chi connectivity index (χ0) is 17.1. The van der Waals surface area contributed by atoms with E-state index in [0.717, 1.165) is 26.6 Å². The molecule has 0 aromatic carbocycles. The molecule has 0 saturated heterocycles. The van der Waals surface area contributed by atoms with Crippen molar-refractivity contribution in [3.63, 3.8) is 0 Å². The number of hydrogen-bond donors (Lipinski definition) is 0. The predicted molar refractivity (Wildman–Crippen MR) is 111 cm³/mol. The van der Waals surface area contributed by atoms with Crippen LogP contribution in [0.2, 0.25) is 26.6 Å². The molecule has 0 aromatic heterocycles. The Bertz CT molecular complexity index is 350. The summed E-state index contributed by atoms with van der Waals surface area (Å²) in [5.74, 6) is 0. The van der Waals surface area contributed by atoms with Crippen LogP contribution >= 0.6 is 0 Å². The Labute approximate surface area is 146 Å². The van der Waals surface area contributed by atoms with Gasteiger partial charge in [0.05, 0.1) is 0 Å². The van der Waals surface area contributed by atoms with Gasteiger partial charge in [-0.15, -0.1) is 0 Å². The fraction of sp³-hybridized carbons (Fsp3) is 0.300. The summed E-state index contributed by atoms with van der Waals surface area (Å²) in [5.41, 5.74) is 0. The summed E-state index contributed by atoms with van der Waals surface area (Å²) in [7, 11) is 0. The third-order valence-corrected chi connectivity index (χ3v) is 50.4. The van der Waals surface area contributed by atoms with Crippen LogP contribution in [-0.2, 0) is 0 Å². The van der Waals surface area contributed by atoms with Crippen LogP contribution in [-0.4, -0.2) is 36.8 Å². The molecule has 0 atom stereocenters.